The van der Waals surface area contributed by atoms with Gasteiger partial charge < -0.3 is 19.3 Å². The summed E-state index contributed by atoms with van der Waals surface area (Å²) >= 11 is 0. The second-order valence-electron chi connectivity index (χ2n) is 5.56. The highest BCUT2D eigenvalue weighted by Gasteiger charge is 2.42. The molecule has 2 fully saturated rings. The summed E-state index contributed by atoms with van der Waals surface area (Å²) < 4.78 is 16.7. The van der Waals surface area contributed by atoms with E-state index in [1.54, 1.807) is 13.0 Å². The number of carbonyl (C=O) groups excluding carboxylic acids is 1. The van der Waals surface area contributed by atoms with Crippen LogP contribution >= 0.6 is 0 Å². The van der Waals surface area contributed by atoms with Crippen LogP contribution in [-0.2, 0) is 9.47 Å². The molecule has 6 heteroatoms. The summed E-state index contributed by atoms with van der Waals surface area (Å²) in [5, 5.41) is 6.49. The van der Waals surface area contributed by atoms with Crippen molar-refractivity contribution in [2.75, 3.05) is 13.2 Å². The van der Waals surface area contributed by atoms with Crippen molar-refractivity contribution >= 4 is 5.91 Å². The van der Waals surface area contributed by atoms with E-state index < -0.39 is 5.79 Å². The molecule has 1 aliphatic carbocycles. The molecule has 0 unspecified atom stereocenters. The molecule has 1 atom stereocenters. The molecule has 2 aliphatic rings. The number of hydrogen-bond acceptors (Lipinski definition) is 5. The Hall–Kier alpha value is -1.40. The van der Waals surface area contributed by atoms with Crippen LogP contribution in [0.25, 0.3) is 0 Å². The average Bonchev–Trinajstić information content (AvgIpc) is 3.05. The Balaban J connectivity index is 1.49. The molecule has 3 rings (SSSR count). The van der Waals surface area contributed by atoms with Gasteiger partial charge in [0.25, 0.3) is 5.91 Å². The zero-order valence-corrected chi connectivity index (χ0v) is 11.7. The van der Waals surface area contributed by atoms with Gasteiger partial charge in [-0.25, -0.2) is 0 Å². The number of amides is 1. The van der Waals surface area contributed by atoms with E-state index >= 15 is 0 Å². The number of ether oxygens (including phenoxy) is 2. The van der Waals surface area contributed by atoms with Crippen molar-refractivity contribution in [1.82, 2.24) is 10.5 Å². The molecule has 0 aromatic carbocycles. The Morgan fingerprint density at radius 1 is 1.45 bits per heavy atom. The quantitative estimate of drug-likeness (QED) is 0.913. The van der Waals surface area contributed by atoms with Crippen molar-refractivity contribution in [3.8, 4) is 0 Å². The van der Waals surface area contributed by atoms with Crippen molar-refractivity contribution in [3.63, 3.8) is 0 Å². The summed E-state index contributed by atoms with van der Waals surface area (Å²) in [4.78, 5) is 11.9. The summed E-state index contributed by atoms with van der Waals surface area (Å²) in [5.74, 6) is -0.00945. The van der Waals surface area contributed by atoms with Crippen LogP contribution in [0.3, 0.4) is 0 Å². The van der Waals surface area contributed by atoms with Crippen LogP contribution in [0.1, 0.15) is 48.4 Å². The minimum absolute atomic E-state index is 0.0787. The Morgan fingerprint density at radius 2 is 2.25 bits per heavy atom. The first-order chi connectivity index (χ1) is 9.67. The maximum Gasteiger partial charge on any atom is 0.273 e. The van der Waals surface area contributed by atoms with Crippen molar-refractivity contribution < 1.29 is 18.8 Å². The SMILES string of the molecule is Cc1cc(C(=O)NC[C@@H]2COC3(CCCCC3)O2)no1. The Labute approximate surface area is 117 Å². The highest BCUT2D eigenvalue weighted by atomic mass is 16.7. The number of nitrogens with zero attached hydrogens (tertiary/aromatic N) is 1. The van der Waals surface area contributed by atoms with E-state index in [2.05, 4.69) is 10.5 Å². The Bertz CT molecular complexity index is 479. The summed E-state index contributed by atoms with van der Waals surface area (Å²) in [5.41, 5.74) is 0.300. The van der Waals surface area contributed by atoms with Crippen LogP contribution < -0.4 is 5.32 Å². The van der Waals surface area contributed by atoms with Crippen LogP contribution in [-0.4, -0.2) is 36.1 Å². The zero-order chi connectivity index (χ0) is 14.0. The van der Waals surface area contributed by atoms with Crippen LogP contribution in [0.5, 0.6) is 0 Å². The van der Waals surface area contributed by atoms with Gasteiger partial charge in [0.1, 0.15) is 11.9 Å². The van der Waals surface area contributed by atoms with Gasteiger partial charge in [0.15, 0.2) is 11.5 Å². The smallest absolute Gasteiger partial charge is 0.273 e. The van der Waals surface area contributed by atoms with Crippen molar-refractivity contribution in [3.05, 3.63) is 17.5 Å². The van der Waals surface area contributed by atoms with Gasteiger partial charge in [-0.05, 0) is 19.8 Å². The zero-order valence-electron chi connectivity index (χ0n) is 11.7. The molecule has 1 aromatic rings. The third-order valence-corrected chi connectivity index (χ3v) is 3.88. The van der Waals surface area contributed by atoms with Gasteiger partial charge in [-0.2, -0.15) is 0 Å². The Kier molecular flexibility index (Phi) is 3.76. The van der Waals surface area contributed by atoms with Crippen LogP contribution in [0.2, 0.25) is 0 Å². The van der Waals surface area contributed by atoms with Gasteiger partial charge in [-0.1, -0.05) is 11.6 Å². The molecule has 110 valence electrons. The lowest BCUT2D eigenvalue weighted by molar-refractivity contribution is -0.186. The lowest BCUT2D eigenvalue weighted by Gasteiger charge is -2.31. The largest absolute Gasteiger partial charge is 0.361 e. The van der Waals surface area contributed by atoms with Crippen molar-refractivity contribution in [1.29, 1.82) is 0 Å². The van der Waals surface area contributed by atoms with Gasteiger partial charge in [-0.15, -0.1) is 0 Å². The van der Waals surface area contributed by atoms with E-state index in [0.29, 0.717) is 24.6 Å². The molecule has 0 radical (unpaired) electrons. The lowest BCUT2D eigenvalue weighted by Crippen LogP contribution is -2.37. The fourth-order valence-electron chi connectivity index (χ4n) is 2.84. The van der Waals surface area contributed by atoms with E-state index in [1.807, 2.05) is 0 Å². The third-order valence-electron chi connectivity index (χ3n) is 3.88. The van der Waals surface area contributed by atoms with E-state index in [9.17, 15) is 4.79 Å². The van der Waals surface area contributed by atoms with Gasteiger partial charge in [-0.3, -0.25) is 4.79 Å². The number of nitrogens with one attached hydrogen (secondary N) is 1. The third kappa shape index (κ3) is 2.86. The predicted molar refractivity (Wildman–Crippen MR) is 70.2 cm³/mol. The van der Waals surface area contributed by atoms with Crippen LogP contribution in [0.15, 0.2) is 10.6 Å². The second kappa shape index (κ2) is 5.54. The molecule has 1 N–H and O–H groups in total. The van der Waals surface area contributed by atoms with Crippen LogP contribution in [0, 0.1) is 6.92 Å². The molecule has 1 saturated heterocycles. The number of aryl methyl sites for hydroxylation is 1. The minimum atomic E-state index is -0.391. The minimum Gasteiger partial charge on any atom is -0.361 e. The molecule has 1 aliphatic heterocycles. The predicted octanol–water partition coefficient (Wildman–Crippen LogP) is 1.79. The second-order valence-corrected chi connectivity index (χ2v) is 5.56. The number of hydrogen-bond donors (Lipinski definition) is 1. The molecular weight excluding hydrogens is 260 g/mol. The van der Waals surface area contributed by atoms with Gasteiger partial charge in [0.2, 0.25) is 0 Å². The molecule has 20 heavy (non-hydrogen) atoms. The maximum absolute atomic E-state index is 11.9. The highest BCUT2D eigenvalue weighted by molar-refractivity contribution is 5.92. The number of carbonyl (C=O) groups is 1. The van der Waals surface area contributed by atoms with Gasteiger partial charge >= 0.3 is 0 Å². The molecule has 2 heterocycles. The molecular formula is C14H20N2O4. The monoisotopic (exact) mass is 280 g/mol. The standard InChI is InChI=1S/C14H20N2O4/c1-10-7-12(16-20-10)13(17)15-8-11-9-18-14(19-11)5-3-2-4-6-14/h7,11H,2-6,8-9H2,1H3,(H,15,17)/t11-/m1/s1. The average molecular weight is 280 g/mol. The van der Waals surface area contributed by atoms with Gasteiger partial charge in [0, 0.05) is 25.5 Å². The van der Waals surface area contributed by atoms with Crippen LogP contribution in [0.4, 0.5) is 0 Å². The maximum atomic E-state index is 11.9. The first-order valence-electron chi connectivity index (χ1n) is 7.20. The summed E-state index contributed by atoms with van der Waals surface area (Å²) in [6.07, 6.45) is 5.39. The Morgan fingerprint density at radius 3 is 2.95 bits per heavy atom. The lowest BCUT2D eigenvalue weighted by atomic mass is 9.94. The van der Waals surface area contributed by atoms with Crippen molar-refractivity contribution in [2.45, 2.75) is 50.9 Å². The summed E-state index contributed by atoms with van der Waals surface area (Å²) in [6, 6.07) is 1.62. The van der Waals surface area contributed by atoms with Gasteiger partial charge in [0.05, 0.1) is 6.61 Å². The van der Waals surface area contributed by atoms with Crippen molar-refractivity contribution in [2.24, 2.45) is 0 Å². The molecule has 1 spiro atoms. The first kappa shape index (κ1) is 13.6. The topological polar surface area (TPSA) is 73.6 Å². The first-order valence-corrected chi connectivity index (χ1v) is 7.20. The summed E-state index contributed by atoms with van der Waals surface area (Å²) in [7, 11) is 0. The highest BCUT2D eigenvalue weighted by Crippen LogP contribution is 2.37. The van der Waals surface area contributed by atoms with E-state index in [4.69, 9.17) is 14.0 Å². The molecule has 1 saturated carbocycles. The molecule has 6 nitrogen and oxygen atoms in total. The summed E-state index contributed by atoms with van der Waals surface area (Å²) in [6.45, 7) is 2.73. The molecule has 1 aromatic heterocycles. The molecule has 0 bridgehead atoms. The fourth-order valence-corrected chi connectivity index (χ4v) is 2.84. The number of aromatic nitrogens is 1. The molecule has 1 amide bonds. The number of rotatable bonds is 3. The fraction of sp³-hybridized carbons (Fsp3) is 0.714. The van der Waals surface area contributed by atoms with E-state index in [-0.39, 0.29) is 12.0 Å². The van der Waals surface area contributed by atoms with E-state index in [1.165, 1.54) is 6.42 Å². The van der Waals surface area contributed by atoms with E-state index in [0.717, 1.165) is 25.7 Å². The normalized spacial score (nSPS) is 24.9.